The summed E-state index contributed by atoms with van der Waals surface area (Å²) in [6.45, 7) is 2.96. The van der Waals surface area contributed by atoms with Crippen molar-refractivity contribution in [1.82, 2.24) is 10.4 Å². The quantitative estimate of drug-likeness (QED) is 0.461. The van der Waals surface area contributed by atoms with Crippen molar-refractivity contribution in [3.63, 3.8) is 0 Å². The fourth-order valence-electron chi connectivity index (χ4n) is 2.24. The highest BCUT2D eigenvalue weighted by atomic mass is 35.5. The van der Waals surface area contributed by atoms with Gasteiger partial charge in [-0.2, -0.15) is 0 Å². The average molecular weight is 309 g/mol. The van der Waals surface area contributed by atoms with Gasteiger partial charge in [-0.25, -0.2) is 5.48 Å². The molecule has 2 rings (SSSR count). The number of benzene rings is 1. The number of hydrogen-bond donors (Lipinski definition) is 2. The summed E-state index contributed by atoms with van der Waals surface area (Å²) in [5.74, 6) is 0. The Labute approximate surface area is 130 Å². The van der Waals surface area contributed by atoms with Gasteiger partial charge in [0.2, 0.25) is 0 Å². The highest BCUT2D eigenvalue weighted by Crippen LogP contribution is 2.07. The first-order valence-corrected chi connectivity index (χ1v) is 7.57. The van der Waals surface area contributed by atoms with Crippen molar-refractivity contribution in [2.75, 3.05) is 26.2 Å². The minimum Gasteiger partial charge on any atom is -0.389 e. The SMILES string of the molecule is OC(CONC(Cl)=C=Cc1ccccc1)CN1CCCC1. The van der Waals surface area contributed by atoms with Crippen LogP contribution >= 0.6 is 11.6 Å². The minimum absolute atomic E-state index is 0.194. The molecular formula is C16H21ClN2O2. The van der Waals surface area contributed by atoms with Crippen LogP contribution < -0.4 is 5.48 Å². The summed E-state index contributed by atoms with van der Waals surface area (Å²) in [6.07, 6.45) is 3.67. The Balaban J connectivity index is 1.68. The van der Waals surface area contributed by atoms with Gasteiger partial charge in [-0.15, -0.1) is 0 Å². The van der Waals surface area contributed by atoms with E-state index in [9.17, 15) is 5.11 Å². The molecule has 0 saturated carbocycles. The molecule has 1 unspecified atom stereocenters. The first-order chi connectivity index (χ1) is 10.2. The summed E-state index contributed by atoms with van der Waals surface area (Å²) >= 11 is 5.93. The Morgan fingerprint density at radius 3 is 2.81 bits per heavy atom. The van der Waals surface area contributed by atoms with Crippen LogP contribution in [0.2, 0.25) is 0 Å². The van der Waals surface area contributed by atoms with Crippen LogP contribution in [0, 0.1) is 0 Å². The maximum Gasteiger partial charge on any atom is 0.169 e. The van der Waals surface area contributed by atoms with Crippen LogP contribution in [-0.4, -0.2) is 42.4 Å². The topological polar surface area (TPSA) is 44.7 Å². The summed E-state index contributed by atoms with van der Waals surface area (Å²) in [6, 6.07) is 9.75. The summed E-state index contributed by atoms with van der Waals surface area (Å²) in [5, 5.41) is 10.1. The number of likely N-dealkylation sites (tertiary alicyclic amines) is 1. The lowest BCUT2D eigenvalue weighted by Crippen LogP contribution is -2.34. The molecule has 1 aromatic rings. The maximum atomic E-state index is 9.84. The molecule has 21 heavy (non-hydrogen) atoms. The number of nitrogens with one attached hydrogen (secondary N) is 1. The first kappa shape index (κ1) is 16.1. The zero-order valence-corrected chi connectivity index (χ0v) is 12.7. The van der Waals surface area contributed by atoms with Gasteiger partial charge in [0, 0.05) is 6.54 Å². The highest BCUT2D eigenvalue weighted by Gasteiger charge is 2.15. The van der Waals surface area contributed by atoms with Crippen LogP contribution in [0.25, 0.3) is 6.08 Å². The molecule has 0 aromatic heterocycles. The molecule has 4 nitrogen and oxygen atoms in total. The van der Waals surface area contributed by atoms with Gasteiger partial charge in [-0.3, -0.25) is 4.84 Å². The van der Waals surface area contributed by atoms with Gasteiger partial charge in [0.15, 0.2) is 5.16 Å². The summed E-state index contributed by atoms with van der Waals surface area (Å²) in [7, 11) is 0. The van der Waals surface area contributed by atoms with Crippen molar-refractivity contribution in [3.8, 4) is 0 Å². The Hall–Kier alpha value is -1.29. The van der Waals surface area contributed by atoms with Gasteiger partial charge in [0.25, 0.3) is 0 Å². The molecule has 0 amide bonds. The van der Waals surface area contributed by atoms with Gasteiger partial charge in [-0.05, 0) is 37.6 Å². The molecular weight excluding hydrogens is 288 g/mol. The summed E-state index contributed by atoms with van der Waals surface area (Å²) in [5.41, 5.74) is 6.45. The van der Waals surface area contributed by atoms with E-state index < -0.39 is 6.10 Å². The molecule has 0 aliphatic carbocycles. The number of rotatable bonds is 7. The smallest absolute Gasteiger partial charge is 0.169 e. The molecule has 1 atom stereocenters. The van der Waals surface area contributed by atoms with Crippen molar-refractivity contribution >= 4 is 17.7 Å². The normalized spacial score (nSPS) is 16.3. The van der Waals surface area contributed by atoms with Gasteiger partial charge in [-0.1, -0.05) is 47.7 Å². The lowest BCUT2D eigenvalue weighted by atomic mass is 10.2. The zero-order valence-electron chi connectivity index (χ0n) is 12.0. The highest BCUT2D eigenvalue weighted by molar-refractivity contribution is 6.29. The van der Waals surface area contributed by atoms with E-state index in [1.165, 1.54) is 12.8 Å². The maximum absolute atomic E-state index is 9.84. The molecule has 5 heteroatoms. The van der Waals surface area contributed by atoms with Crippen molar-refractivity contribution in [3.05, 3.63) is 46.8 Å². The second kappa shape index (κ2) is 8.88. The molecule has 2 N–H and O–H groups in total. The molecule has 1 fully saturated rings. The van der Waals surface area contributed by atoms with Crippen molar-refractivity contribution < 1.29 is 9.94 Å². The van der Waals surface area contributed by atoms with E-state index in [1.807, 2.05) is 30.3 Å². The van der Waals surface area contributed by atoms with Gasteiger partial charge < -0.3 is 10.0 Å². The van der Waals surface area contributed by atoms with E-state index >= 15 is 0 Å². The number of aliphatic hydroxyl groups excluding tert-OH is 1. The minimum atomic E-state index is -0.516. The van der Waals surface area contributed by atoms with Crippen molar-refractivity contribution in [1.29, 1.82) is 0 Å². The lowest BCUT2D eigenvalue weighted by Gasteiger charge is -2.18. The Morgan fingerprint density at radius 2 is 2.10 bits per heavy atom. The zero-order chi connectivity index (χ0) is 14.9. The lowest BCUT2D eigenvalue weighted by molar-refractivity contribution is -0.0134. The van der Waals surface area contributed by atoms with E-state index in [0.29, 0.717) is 6.54 Å². The van der Waals surface area contributed by atoms with E-state index in [4.69, 9.17) is 16.4 Å². The number of aliphatic hydroxyl groups is 1. The van der Waals surface area contributed by atoms with Crippen molar-refractivity contribution in [2.24, 2.45) is 0 Å². The third-order valence-electron chi connectivity index (χ3n) is 3.27. The van der Waals surface area contributed by atoms with Crippen LogP contribution in [0.4, 0.5) is 0 Å². The molecule has 1 aliphatic rings. The van der Waals surface area contributed by atoms with Crippen LogP contribution in [-0.2, 0) is 4.84 Å². The summed E-state index contributed by atoms with van der Waals surface area (Å²) in [4.78, 5) is 7.41. The molecule has 0 radical (unpaired) electrons. The molecule has 1 aromatic carbocycles. The molecule has 1 heterocycles. The van der Waals surface area contributed by atoms with Crippen LogP contribution in [0.3, 0.4) is 0 Å². The fourth-order valence-corrected chi connectivity index (χ4v) is 2.35. The largest absolute Gasteiger partial charge is 0.389 e. The molecule has 0 bridgehead atoms. The van der Waals surface area contributed by atoms with Gasteiger partial charge >= 0.3 is 0 Å². The predicted octanol–water partition coefficient (Wildman–Crippen LogP) is 2.36. The van der Waals surface area contributed by atoms with E-state index in [2.05, 4.69) is 16.1 Å². The average Bonchev–Trinajstić information content (AvgIpc) is 2.99. The van der Waals surface area contributed by atoms with Gasteiger partial charge in [0.05, 0.1) is 6.10 Å². The monoisotopic (exact) mass is 308 g/mol. The number of hydroxylamine groups is 1. The Bertz CT molecular complexity index is 480. The number of nitrogens with zero attached hydrogens (tertiary/aromatic N) is 1. The molecule has 114 valence electrons. The standard InChI is InChI=1S/C16H21ClN2O2/c17-16(9-8-14-6-2-1-3-7-14)18-21-13-15(20)12-19-10-4-5-11-19/h1-3,6-8,15,18,20H,4-5,10-13H2. The van der Waals surface area contributed by atoms with Gasteiger partial charge in [0.1, 0.15) is 6.61 Å². The third kappa shape index (κ3) is 6.34. The second-order valence-electron chi connectivity index (χ2n) is 5.09. The van der Waals surface area contributed by atoms with Crippen LogP contribution in [0.15, 0.2) is 41.2 Å². The van der Waals surface area contributed by atoms with Crippen LogP contribution in [0.5, 0.6) is 0 Å². The van der Waals surface area contributed by atoms with E-state index in [-0.39, 0.29) is 11.8 Å². The van der Waals surface area contributed by atoms with Crippen molar-refractivity contribution in [2.45, 2.75) is 18.9 Å². The second-order valence-corrected chi connectivity index (χ2v) is 5.47. The third-order valence-corrected chi connectivity index (χ3v) is 3.46. The Morgan fingerprint density at radius 1 is 1.38 bits per heavy atom. The van der Waals surface area contributed by atoms with E-state index in [0.717, 1.165) is 18.7 Å². The Kier molecular flexibility index (Phi) is 6.80. The molecule has 1 saturated heterocycles. The number of β-amino-alcohol motifs (C(OH)–C–C–N with tert-alkyl or cyclic N) is 1. The predicted molar refractivity (Wildman–Crippen MR) is 84.6 cm³/mol. The van der Waals surface area contributed by atoms with E-state index in [1.54, 1.807) is 6.08 Å². The number of halogens is 1. The fraction of sp³-hybridized carbons (Fsp3) is 0.438. The first-order valence-electron chi connectivity index (χ1n) is 7.19. The molecule has 1 aliphatic heterocycles. The van der Waals surface area contributed by atoms with Crippen LogP contribution in [0.1, 0.15) is 18.4 Å². The molecule has 0 spiro atoms. The number of hydrogen-bond acceptors (Lipinski definition) is 4. The summed E-state index contributed by atoms with van der Waals surface area (Å²) < 4.78 is 0.